The van der Waals surface area contributed by atoms with Crippen LogP contribution < -0.4 is 4.74 Å². The Morgan fingerprint density at radius 2 is 2.00 bits per heavy atom. The first-order valence-corrected chi connectivity index (χ1v) is 9.79. The van der Waals surface area contributed by atoms with Crippen LogP contribution in [0.25, 0.3) is 33.3 Å². The highest BCUT2D eigenvalue weighted by molar-refractivity contribution is 6.39. The second-order valence-corrected chi connectivity index (χ2v) is 7.49. The van der Waals surface area contributed by atoms with Crippen LogP contribution >= 0.6 is 11.6 Å². The third-order valence-electron chi connectivity index (χ3n) is 4.95. The summed E-state index contributed by atoms with van der Waals surface area (Å²) in [5.74, 6) is 0.0362. The molecule has 0 fully saturated rings. The van der Waals surface area contributed by atoms with Crippen LogP contribution in [0.2, 0.25) is 5.02 Å². The van der Waals surface area contributed by atoms with Crippen LogP contribution in [0.3, 0.4) is 0 Å². The molecule has 1 amide bonds. The smallest absolute Gasteiger partial charge is 0.255 e. The average molecular weight is 438 g/mol. The molecule has 0 aliphatic carbocycles. The number of carbonyl (C=O) groups is 1. The summed E-state index contributed by atoms with van der Waals surface area (Å²) in [6.45, 7) is 0. The average Bonchev–Trinajstić information content (AvgIpc) is 3.23. The van der Waals surface area contributed by atoms with E-state index in [2.05, 4.69) is 19.9 Å². The number of ether oxygens (including phenoxy) is 1. The first-order chi connectivity index (χ1) is 14.9. The quantitative estimate of drug-likeness (QED) is 0.495. The lowest BCUT2D eigenvalue weighted by atomic mass is 10.0. The summed E-state index contributed by atoms with van der Waals surface area (Å²) < 4.78 is 5.39. The van der Waals surface area contributed by atoms with E-state index in [1.807, 2.05) is 12.1 Å². The van der Waals surface area contributed by atoms with Gasteiger partial charge in [-0.1, -0.05) is 11.6 Å². The van der Waals surface area contributed by atoms with Crippen molar-refractivity contribution in [2.75, 3.05) is 21.2 Å². The van der Waals surface area contributed by atoms with Gasteiger partial charge in [0.25, 0.3) is 5.91 Å². The van der Waals surface area contributed by atoms with Gasteiger partial charge in [-0.3, -0.25) is 9.78 Å². The van der Waals surface area contributed by atoms with Gasteiger partial charge in [-0.15, -0.1) is 0 Å². The van der Waals surface area contributed by atoms with E-state index in [4.69, 9.17) is 16.3 Å². The number of rotatable bonds is 5. The predicted octanol–water partition coefficient (Wildman–Crippen LogP) is 3.47. The normalized spacial score (nSPS) is 12.0. The van der Waals surface area contributed by atoms with Crippen LogP contribution in [0.4, 0.5) is 0 Å². The number of H-pyrrole nitrogens is 1. The number of nitrogens with zero attached hydrogens (tertiary/aromatic N) is 4. The number of hydrogen-bond donors (Lipinski definition) is 2. The van der Waals surface area contributed by atoms with Crippen molar-refractivity contribution in [1.82, 2.24) is 24.8 Å². The summed E-state index contributed by atoms with van der Waals surface area (Å²) in [6, 6.07) is 5.39. The van der Waals surface area contributed by atoms with Crippen LogP contribution in [0.5, 0.6) is 5.88 Å². The molecule has 1 unspecified atom stereocenters. The van der Waals surface area contributed by atoms with E-state index in [-0.39, 0.29) is 0 Å². The number of likely N-dealkylation sites (N-methyl/N-ethyl adjacent to an activating group) is 1. The standard InChI is InChI=1S/C22H20ClN5O3/c1-28(2)22(30)19(29)13-7-12(8-24-9-13)15-10-26-20-17(18(15)23)16(11-27-20)14-5-4-6-25-21(14)31-3/h4-11,19,29H,1-3H3,(H,26,27). The second-order valence-electron chi connectivity index (χ2n) is 7.11. The highest BCUT2D eigenvalue weighted by Crippen LogP contribution is 2.40. The maximum Gasteiger partial charge on any atom is 0.255 e. The molecule has 4 rings (SSSR count). The van der Waals surface area contributed by atoms with E-state index in [0.29, 0.717) is 38.6 Å². The van der Waals surface area contributed by atoms with Gasteiger partial charge in [-0.25, -0.2) is 9.97 Å². The Hall–Kier alpha value is -3.49. The number of hydrogen-bond acceptors (Lipinski definition) is 6. The summed E-state index contributed by atoms with van der Waals surface area (Å²) >= 11 is 6.83. The van der Waals surface area contributed by atoms with Crippen molar-refractivity contribution in [3.63, 3.8) is 0 Å². The van der Waals surface area contributed by atoms with E-state index >= 15 is 0 Å². The molecule has 0 radical (unpaired) electrons. The summed E-state index contributed by atoms with van der Waals surface area (Å²) in [4.78, 5) is 29.5. The number of aromatic nitrogens is 4. The Bertz CT molecular complexity index is 1270. The fourth-order valence-corrected chi connectivity index (χ4v) is 3.72. The SMILES string of the molecule is COc1ncccc1-c1c[nH]c2ncc(-c3cncc(C(O)C(=O)N(C)C)c3)c(Cl)c12. The lowest BCUT2D eigenvalue weighted by molar-refractivity contribution is -0.137. The highest BCUT2D eigenvalue weighted by Gasteiger charge is 2.22. The summed E-state index contributed by atoms with van der Waals surface area (Å²) in [5.41, 5.74) is 3.81. The summed E-state index contributed by atoms with van der Waals surface area (Å²) in [6.07, 6.45) is 6.84. The minimum atomic E-state index is -1.32. The molecule has 0 bridgehead atoms. The van der Waals surface area contributed by atoms with Crippen LogP contribution in [0.1, 0.15) is 11.7 Å². The molecule has 0 saturated heterocycles. The molecule has 0 aliphatic rings. The van der Waals surface area contributed by atoms with Gasteiger partial charge in [-0.2, -0.15) is 0 Å². The van der Waals surface area contributed by atoms with E-state index in [9.17, 15) is 9.90 Å². The van der Waals surface area contributed by atoms with Crippen molar-refractivity contribution in [1.29, 1.82) is 0 Å². The summed E-state index contributed by atoms with van der Waals surface area (Å²) in [7, 11) is 4.72. The van der Waals surface area contributed by atoms with Crippen molar-refractivity contribution in [2.45, 2.75) is 6.10 Å². The van der Waals surface area contributed by atoms with Gasteiger partial charge in [0, 0.05) is 78.3 Å². The molecule has 0 aromatic carbocycles. The molecule has 0 spiro atoms. The van der Waals surface area contributed by atoms with E-state index in [1.54, 1.807) is 52.1 Å². The van der Waals surface area contributed by atoms with Gasteiger partial charge in [0.2, 0.25) is 5.88 Å². The molecular weight excluding hydrogens is 418 g/mol. The molecule has 9 heteroatoms. The van der Waals surface area contributed by atoms with Crippen molar-refractivity contribution in [3.8, 4) is 28.1 Å². The second kappa shape index (κ2) is 8.33. The number of fused-ring (bicyclic) bond motifs is 1. The van der Waals surface area contributed by atoms with E-state index < -0.39 is 12.0 Å². The highest BCUT2D eigenvalue weighted by atomic mass is 35.5. The number of carbonyl (C=O) groups excluding carboxylic acids is 1. The fourth-order valence-electron chi connectivity index (χ4n) is 3.37. The van der Waals surface area contributed by atoms with Gasteiger partial charge in [0.05, 0.1) is 12.1 Å². The van der Waals surface area contributed by atoms with E-state index in [1.165, 1.54) is 11.1 Å². The minimum absolute atomic E-state index is 0.371. The maximum absolute atomic E-state index is 12.1. The molecule has 31 heavy (non-hydrogen) atoms. The molecule has 158 valence electrons. The zero-order valence-corrected chi connectivity index (χ0v) is 17.9. The lowest BCUT2D eigenvalue weighted by Gasteiger charge is -2.16. The zero-order chi connectivity index (χ0) is 22.1. The number of methoxy groups -OCH3 is 1. The number of aliphatic hydroxyl groups is 1. The van der Waals surface area contributed by atoms with Crippen molar-refractivity contribution >= 4 is 28.5 Å². The van der Waals surface area contributed by atoms with Gasteiger partial charge in [0.1, 0.15) is 5.65 Å². The Balaban J connectivity index is 1.85. The Morgan fingerprint density at radius 3 is 2.74 bits per heavy atom. The molecule has 0 saturated carbocycles. The predicted molar refractivity (Wildman–Crippen MR) is 118 cm³/mol. The Morgan fingerprint density at radius 1 is 1.19 bits per heavy atom. The van der Waals surface area contributed by atoms with E-state index in [0.717, 1.165) is 11.1 Å². The summed E-state index contributed by atoms with van der Waals surface area (Å²) in [5, 5.41) is 11.6. The topological polar surface area (TPSA) is 104 Å². The van der Waals surface area contributed by atoms with Gasteiger partial charge in [-0.05, 0) is 18.2 Å². The fraction of sp³-hybridized carbons (Fsp3) is 0.182. The number of amides is 1. The number of aliphatic hydroxyl groups excluding tert-OH is 1. The van der Waals surface area contributed by atoms with Crippen molar-refractivity contribution in [3.05, 3.63) is 59.8 Å². The largest absolute Gasteiger partial charge is 0.481 e. The molecule has 4 aromatic rings. The Kier molecular flexibility index (Phi) is 5.58. The van der Waals surface area contributed by atoms with Crippen molar-refractivity contribution in [2.24, 2.45) is 0 Å². The molecule has 8 nitrogen and oxygen atoms in total. The van der Waals surface area contributed by atoms with Gasteiger partial charge in [0.15, 0.2) is 6.10 Å². The monoisotopic (exact) mass is 437 g/mol. The number of halogens is 1. The third-order valence-corrected chi connectivity index (χ3v) is 5.35. The molecule has 4 heterocycles. The zero-order valence-electron chi connectivity index (χ0n) is 17.1. The first-order valence-electron chi connectivity index (χ1n) is 9.42. The van der Waals surface area contributed by atoms with Crippen LogP contribution in [0.15, 0.2) is 49.2 Å². The number of aromatic amines is 1. The van der Waals surface area contributed by atoms with Gasteiger partial charge < -0.3 is 19.7 Å². The minimum Gasteiger partial charge on any atom is -0.481 e. The van der Waals surface area contributed by atoms with Crippen LogP contribution in [-0.2, 0) is 4.79 Å². The molecule has 4 aromatic heterocycles. The molecule has 2 N–H and O–H groups in total. The first kappa shape index (κ1) is 20.8. The van der Waals surface area contributed by atoms with Crippen molar-refractivity contribution < 1.29 is 14.6 Å². The Labute approximate surface area is 183 Å². The maximum atomic E-state index is 12.1. The van der Waals surface area contributed by atoms with Crippen LogP contribution in [0, 0.1) is 0 Å². The van der Waals surface area contributed by atoms with Crippen LogP contribution in [-0.4, -0.2) is 57.1 Å². The molecule has 0 aliphatic heterocycles. The lowest BCUT2D eigenvalue weighted by Crippen LogP contribution is -2.28. The number of pyridine rings is 3. The molecular formula is C22H20ClN5O3. The number of nitrogens with one attached hydrogen (secondary N) is 1. The van der Waals surface area contributed by atoms with Gasteiger partial charge >= 0.3 is 0 Å². The molecule has 1 atom stereocenters. The third kappa shape index (κ3) is 3.71.